The van der Waals surface area contributed by atoms with Crippen molar-refractivity contribution in [1.29, 1.82) is 5.26 Å². The molecular weight excluding hydrogens is 412 g/mol. The van der Waals surface area contributed by atoms with Crippen LogP contribution in [0.25, 0.3) is 0 Å². The van der Waals surface area contributed by atoms with E-state index in [1.165, 1.54) is 21.3 Å². The van der Waals surface area contributed by atoms with E-state index >= 15 is 0 Å². The quantitative estimate of drug-likeness (QED) is 0.717. The van der Waals surface area contributed by atoms with Crippen LogP contribution >= 0.6 is 11.6 Å². The first-order valence-corrected chi connectivity index (χ1v) is 9.45. The van der Waals surface area contributed by atoms with Crippen molar-refractivity contribution in [2.45, 2.75) is 12.5 Å². The number of nitriles is 1. The molecular formula is C21H21ClN2O6. The maximum atomic E-state index is 12.6. The number of ether oxygens (including phenoxy) is 5. The van der Waals surface area contributed by atoms with E-state index in [2.05, 4.69) is 11.4 Å². The fraction of sp³-hybridized carbons (Fsp3) is 0.333. The first-order chi connectivity index (χ1) is 14.5. The number of nitrogens with one attached hydrogen (secondary N) is 1. The van der Waals surface area contributed by atoms with Crippen LogP contribution in [0.4, 0.5) is 0 Å². The van der Waals surface area contributed by atoms with Gasteiger partial charge in [0.05, 0.1) is 38.8 Å². The summed E-state index contributed by atoms with van der Waals surface area (Å²) in [6.07, 6.45) is 0.0129. The number of carbonyl (C=O) groups excluding carboxylic acids is 1. The minimum atomic E-state index is -0.918. The molecule has 1 aliphatic heterocycles. The number of hydrogen-bond donors (Lipinski definition) is 1. The lowest BCUT2D eigenvalue weighted by molar-refractivity contribution is -0.120. The highest BCUT2D eigenvalue weighted by molar-refractivity contribution is 6.32. The molecule has 0 spiro atoms. The molecule has 0 aromatic heterocycles. The zero-order valence-electron chi connectivity index (χ0n) is 16.8. The van der Waals surface area contributed by atoms with Crippen LogP contribution < -0.4 is 29.0 Å². The molecule has 30 heavy (non-hydrogen) atoms. The van der Waals surface area contributed by atoms with Crippen LogP contribution in [0.5, 0.6) is 28.7 Å². The molecule has 0 saturated carbocycles. The fourth-order valence-electron chi connectivity index (χ4n) is 3.12. The van der Waals surface area contributed by atoms with Gasteiger partial charge in [-0.2, -0.15) is 5.26 Å². The van der Waals surface area contributed by atoms with Crippen molar-refractivity contribution in [3.05, 3.63) is 40.4 Å². The summed E-state index contributed by atoms with van der Waals surface area (Å²) in [5.41, 5.74) is 1.14. The van der Waals surface area contributed by atoms with E-state index < -0.39 is 6.04 Å². The first-order valence-electron chi connectivity index (χ1n) is 9.07. The molecule has 0 aliphatic carbocycles. The van der Waals surface area contributed by atoms with Gasteiger partial charge in [0.15, 0.2) is 23.0 Å². The third-order valence-electron chi connectivity index (χ3n) is 4.48. The molecule has 1 unspecified atom stereocenters. The largest absolute Gasteiger partial charge is 0.493 e. The number of halogens is 1. The molecule has 0 saturated heterocycles. The molecule has 1 aliphatic rings. The smallest absolute Gasteiger partial charge is 0.225 e. The van der Waals surface area contributed by atoms with Gasteiger partial charge in [-0.15, -0.1) is 0 Å². The predicted octanol–water partition coefficient (Wildman–Crippen LogP) is 3.06. The van der Waals surface area contributed by atoms with Gasteiger partial charge in [-0.05, 0) is 35.4 Å². The summed E-state index contributed by atoms with van der Waals surface area (Å²) in [5, 5.41) is 12.7. The molecule has 2 aromatic rings. The lowest BCUT2D eigenvalue weighted by Crippen LogP contribution is -2.29. The molecule has 1 heterocycles. The Morgan fingerprint density at radius 1 is 1.13 bits per heavy atom. The number of fused-ring (bicyclic) bond motifs is 1. The Hall–Kier alpha value is -3.31. The van der Waals surface area contributed by atoms with Crippen molar-refractivity contribution in [2.75, 3.05) is 34.5 Å². The topological polar surface area (TPSA) is 99.0 Å². The molecule has 3 rings (SSSR count). The van der Waals surface area contributed by atoms with E-state index in [0.717, 1.165) is 0 Å². The van der Waals surface area contributed by atoms with Gasteiger partial charge in [-0.25, -0.2) is 0 Å². The number of nitrogens with zero attached hydrogens (tertiary/aromatic N) is 1. The van der Waals surface area contributed by atoms with Gasteiger partial charge < -0.3 is 29.0 Å². The SMILES string of the molecule is COc1cc(C(C#N)NC(=O)Cc2cc(Cl)c3c(c2)OCCO3)cc(OC)c1OC. The van der Waals surface area contributed by atoms with Gasteiger partial charge in [0.2, 0.25) is 11.7 Å². The van der Waals surface area contributed by atoms with Crippen molar-refractivity contribution in [3.8, 4) is 34.8 Å². The summed E-state index contributed by atoms with van der Waals surface area (Å²) in [4.78, 5) is 12.6. The minimum Gasteiger partial charge on any atom is -0.493 e. The molecule has 1 N–H and O–H groups in total. The molecule has 2 aromatic carbocycles. The fourth-order valence-corrected chi connectivity index (χ4v) is 3.41. The first kappa shape index (κ1) is 21.4. The van der Waals surface area contributed by atoms with Crippen LogP contribution in [0.1, 0.15) is 17.2 Å². The number of amides is 1. The number of hydrogen-bond acceptors (Lipinski definition) is 7. The van der Waals surface area contributed by atoms with Crippen molar-refractivity contribution in [1.82, 2.24) is 5.32 Å². The van der Waals surface area contributed by atoms with E-state index in [1.54, 1.807) is 24.3 Å². The normalized spacial score (nSPS) is 13.0. The second kappa shape index (κ2) is 9.46. The van der Waals surface area contributed by atoms with E-state index in [9.17, 15) is 10.1 Å². The van der Waals surface area contributed by atoms with Gasteiger partial charge >= 0.3 is 0 Å². The number of methoxy groups -OCH3 is 3. The monoisotopic (exact) mass is 432 g/mol. The summed E-state index contributed by atoms with van der Waals surface area (Å²) < 4.78 is 26.9. The third-order valence-corrected chi connectivity index (χ3v) is 4.76. The average molecular weight is 433 g/mol. The van der Waals surface area contributed by atoms with Gasteiger partial charge in [0, 0.05) is 0 Å². The van der Waals surface area contributed by atoms with E-state index in [0.29, 0.717) is 58.1 Å². The van der Waals surface area contributed by atoms with E-state index in [4.69, 9.17) is 35.3 Å². The maximum absolute atomic E-state index is 12.6. The summed E-state index contributed by atoms with van der Waals surface area (Å²) >= 11 is 6.23. The second-order valence-corrected chi connectivity index (χ2v) is 6.77. The number of benzene rings is 2. The summed E-state index contributed by atoms with van der Waals surface area (Å²) in [5.74, 6) is 1.79. The van der Waals surface area contributed by atoms with Crippen molar-refractivity contribution in [3.63, 3.8) is 0 Å². The Morgan fingerprint density at radius 2 is 1.80 bits per heavy atom. The van der Waals surface area contributed by atoms with E-state index in [1.807, 2.05) is 0 Å². The highest BCUT2D eigenvalue weighted by Crippen LogP contribution is 2.40. The lowest BCUT2D eigenvalue weighted by atomic mass is 10.1. The highest BCUT2D eigenvalue weighted by atomic mass is 35.5. The third kappa shape index (κ3) is 4.47. The van der Waals surface area contributed by atoms with Crippen LogP contribution in [0.3, 0.4) is 0 Å². The molecule has 9 heteroatoms. The zero-order chi connectivity index (χ0) is 21.7. The highest BCUT2D eigenvalue weighted by Gasteiger charge is 2.22. The van der Waals surface area contributed by atoms with Gasteiger partial charge in [0.1, 0.15) is 19.3 Å². The molecule has 0 bridgehead atoms. The van der Waals surface area contributed by atoms with E-state index in [-0.39, 0.29) is 12.3 Å². The Morgan fingerprint density at radius 3 is 2.40 bits per heavy atom. The van der Waals surface area contributed by atoms with Gasteiger partial charge in [-0.1, -0.05) is 11.6 Å². The molecule has 0 fully saturated rings. The second-order valence-electron chi connectivity index (χ2n) is 6.37. The molecule has 158 valence electrons. The lowest BCUT2D eigenvalue weighted by Gasteiger charge is -2.20. The molecule has 0 radical (unpaired) electrons. The summed E-state index contributed by atoms with van der Waals surface area (Å²) in [6, 6.07) is 7.76. The maximum Gasteiger partial charge on any atom is 0.225 e. The number of rotatable bonds is 7. The Bertz CT molecular complexity index is 963. The van der Waals surface area contributed by atoms with Crippen LogP contribution in [-0.2, 0) is 11.2 Å². The van der Waals surface area contributed by atoms with Crippen LogP contribution in [0.2, 0.25) is 5.02 Å². The van der Waals surface area contributed by atoms with Gasteiger partial charge in [0.25, 0.3) is 0 Å². The van der Waals surface area contributed by atoms with Crippen molar-refractivity contribution in [2.24, 2.45) is 0 Å². The minimum absolute atomic E-state index is 0.0129. The molecule has 1 amide bonds. The Kier molecular flexibility index (Phi) is 6.75. The van der Waals surface area contributed by atoms with Gasteiger partial charge in [-0.3, -0.25) is 4.79 Å². The van der Waals surface area contributed by atoms with Crippen LogP contribution in [0.15, 0.2) is 24.3 Å². The Labute approximate surface area is 179 Å². The standard InChI is InChI=1S/C21H21ClN2O6/c1-26-16-9-13(10-17(27-2)21(16)28-3)15(11-23)24-19(25)8-12-6-14(22)20-18(7-12)29-4-5-30-20/h6-7,9-10,15H,4-5,8H2,1-3H3,(H,24,25). The molecule has 8 nitrogen and oxygen atoms in total. The zero-order valence-corrected chi connectivity index (χ0v) is 17.5. The predicted molar refractivity (Wildman–Crippen MR) is 109 cm³/mol. The average Bonchev–Trinajstić information content (AvgIpc) is 2.76. The Balaban J connectivity index is 1.79. The summed E-state index contributed by atoms with van der Waals surface area (Å²) in [6.45, 7) is 0.835. The molecule has 1 atom stereocenters. The number of carbonyl (C=O) groups is 1. The van der Waals surface area contributed by atoms with Crippen LogP contribution in [0, 0.1) is 11.3 Å². The van der Waals surface area contributed by atoms with Crippen molar-refractivity contribution >= 4 is 17.5 Å². The van der Waals surface area contributed by atoms with Crippen LogP contribution in [-0.4, -0.2) is 40.5 Å². The summed E-state index contributed by atoms with van der Waals surface area (Å²) in [7, 11) is 4.45. The van der Waals surface area contributed by atoms with Crippen molar-refractivity contribution < 1.29 is 28.5 Å².